The van der Waals surface area contributed by atoms with Crippen LogP contribution < -0.4 is 0 Å². The van der Waals surface area contributed by atoms with Crippen molar-refractivity contribution in [3.63, 3.8) is 0 Å². The molecule has 1 heterocycles. The van der Waals surface area contributed by atoms with E-state index in [9.17, 15) is 13.2 Å². The quantitative estimate of drug-likeness (QED) is 0.802. The lowest BCUT2D eigenvalue weighted by atomic mass is 9.81. The van der Waals surface area contributed by atoms with Gasteiger partial charge in [-0.05, 0) is 20.3 Å². The summed E-state index contributed by atoms with van der Waals surface area (Å²) in [6.07, 6.45) is -6.48. The van der Waals surface area contributed by atoms with Crippen molar-refractivity contribution in [2.75, 3.05) is 7.11 Å². The molecule has 0 spiro atoms. The molecule has 1 aromatic rings. The fraction of sp³-hybridized carbons (Fsp3) is 0.643. The number of aromatic nitrogens is 1. The van der Waals surface area contributed by atoms with E-state index in [2.05, 4.69) is 5.16 Å². The molecule has 0 aromatic carbocycles. The third kappa shape index (κ3) is 4.47. The Morgan fingerprint density at radius 3 is 2.27 bits per heavy atom. The Morgan fingerprint density at radius 1 is 1.23 bits per heavy atom. The van der Waals surface area contributed by atoms with Gasteiger partial charge in [0.2, 0.25) is 0 Å². The molecule has 0 radical (unpaired) electrons. The second-order valence-electron chi connectivity index (χ2n) is 5.49. The van der Waals surface area contributed by atoms with E-state index >= 15 is 0 Å². The second kappa shape index (κ2) is 6.37. The predicted molar refractivity (Wildman–Crippen MR) is 69.2 cm³/mol. The number of ether oxygens (including phenoxy) is 1. The predicted octanol–water partition coefficient (Wildman–Crippen LogP) is 3.47. The van der Waals surface area contributed by atoms with Gasteiger partial charge in [-0.2, -0.15) is 23.7 Å². The van der Waals surface area contributed by atoms with Crippen LogP contribution in [0.2, 0.25) is 0 Å². The minimum absolute atomic E-state index is 0.237. The minimum Gasteiger partial charge on any atom is -0.371 e. The number of nitriles is 2. The van der Waals surface area contributed by atoms with Gasteiger partial charge in [-0.1, -0.05) is 5.16 Å². The number of hydrogen-bond donors (Lipinski definition) is 0. The summed E-state index contributed by atoms with van der Waals surface area (Å²) in [5.41, 5.74) is -2.31. The highest BCUT2D eigenvalue weighted by Gasteiger charge is 2.38. The molecule has 8 heteroatoms. The number of methoxy groups -OCH3 is 1. The molecule has 0 amide bonds. The van der Waals surface area contributed by atoms with Gasteiger partial charge in [0.05, 0.1) is 17.8 Å². The third-order valence-corrected chi connectivity index (χ3v) is 3.41. The van der Waals surface area contributed by atoms with Crippen molar-refractivity contribution < 1.29 is 22.4 Å². The zero-order chi connectivity index (χ0) is 17.0. The van der Waals surface area contributed by atoms with E-state index in [1.165, 1.54) is 13.2 Å². The highest BCUT2D eigenvalue weighted by atomic mass is 19.4. The van der Waals surface area contributed by atoms with Crippen molar-refractivity contribution in [3.8, 4) is 12.1 Å². The van der Waals surface area contributed by atoms with Crippen molar-refractivity contribution in [2.24, 2.45) is 5.41 Å². The van der Waals surface area contributed by atoms with Gasteiger partial charge in [0.25, 0.3) is 0 Å². The fourth-order valence-electron chi connectivity index (χ4n) is 1.75. The van der Waals surface area contributed by atoms with E-state index < -0.39 is 30.0 Å². The molecule has 0 bridgehead atoms. The Labute approximate surface area is 126 Å². The summed E-state index contributed by atoms with van der Waals surface area (Å²) in [7, 11) is 1.47. The van der Waals surface area contributed by atoms with Crippen LogP contribution in [0.5, 0.6) is 0 Å². The van der Waals surface area contributed by atoms with Crippen LogP contribution in [0, 0.1) is 28.1 Å². The van der Waals surface area contributed by atoms with Crippen LogP contribution in [0.4, 0.5) is 13.2 Å². The molecule has 0 atom stereocenters. The van der Waals surface area contributed by atoms with E-state index in [1.807, 2.05) is 0 Å². The number of rotatable bonds is 6. The van der Waals surface area contributed by atoms with Crippen molar-refractivity contribution in [2.45, 2.75) is 44.9 Å². The van der Waals surface area contributed by atoms with E-state index in [0.29, 0.717) is 5.76 Å². The molecule has 0 aliphatic rings. The molecule has 0 unspecified atom stereocenters. The normalized spacial score (nSPS) is 12.7. The molecule has 1 rings (SSSR count). The first-order chi connectivity index (χ1) is 10.1. The van der Waals surface area contributed by atoms with E-state index in [4.69, 9.17) is 19.8 Å². The van der Waals surface area contributed by atoms with Gasteiger partial charge in [0, 0.05) is 26.0 Å². The van der Waals surface area contributed by atoms with Gasteiger partial charge in [-0.3, -0.25) is 0 Å². The lowest BCUT2D eigenvalue weighted by molar-refractivity contribution is -0.138. The summed E-state index contributed by atoms with van der Waals surface area (Å²) in [6, 6.07) is 4.84. The van der Waals surface area contributed by atoms with Crippen LogP contribution in [0.25, 0.3) is 0 Å². The maximum Gasteiger partial charge on any atom is 0.389 e. The SMILES string of the molecule is COC(C)(C)c1cc(CC(C#N)(C#N)CCC(F)(F)F)no1. The summed E-state index contributed by atoms with van der Waals surface area (Å²) < 4.78 is 47.3. The van der Waals surface area contributed by atoms with Crippen LogP contribution in [-0.2, 0) is 16.8 Å². The summed E-state index contributed by atoms with van der Waals surface area (Å²) >= 11 is 0. The zero-order valence-corrected chi connectivity index (χ0v) is 12.5. The minimum atomic E-state index is -4.42. The number of hydrogen-bond acceptors (Lipinski definition) is 5. The first-order valence-electron chi connectivity index (χ1n) is 6.48. The number of alkyl halides is 3. The van der Waals surface area contributed by atoms with Crippen LogP contribution in [0.1, 0.15) is 38.1 Å². The number of nitrogens with zero attached hydrogens (tertiary/aromatic N) is 3. The summed E-state index contributed by atoms with van der Waals surface area (Å²) in [5, 5.41) is 22.0. The highest BCUT2D eigenvalue weighted by molar-refractivity contribution is 5.21. The van der Waals surface area contributed by atoms with Crippen molar-refractivity contribution >= 4 is 0 Å². The zero-order valence-electron chi connectivity index (χ0n) is 12.5. The topological polar surface area (TPSA) is 82.8 Å². The van der Waals surface area contributed by atoms with Crippen LogP contribution >= 0.6 is 0 Å². The highest BCUT2D eigenvalue weighted by Crippen LogP contribution is 2.34. The Bertz CT molecular complexity index is 580. The molecule has 1 aromatic heterocycles. The van der Waals surface area contributed by atoms with E-state index in [0.717, 1.165) is 0 Å². The smallest absolute Gasteiger partial charge is 0.371 e. The Hall–Kier alpha value is -2.06. The molecular weight excluding hydrogens is 299 g/mol. The van der Waals surface area contributed by atoms with Crippen LogP contribution in [0.3, 0.4) is 0 Å². The van der Waals surface area contributed by atoms with Crippen molar-refractivity contribution in [1.29, 1.82) is 10.5 Å². The summed E-state index contributed by atoms with van der Waals surface area (Å²) in [4.78, 5) is 0. The molecule has 0 saturated heterocycles. The molecule has 0 aliphatic heterocycles. The fourth-order valence-corrected chi connectivity index (χ4v) is 1.75. The molecule has 120 valence electrons. The number of halogens is 3. The summed E-state index contributed by atoms with van der Waals surface area (Å²) in [6.45, 7) is 3.45. The maximum atomic E-state index is 12.3. The van der Waals surface area contributed by atoms with Gasteiger partial charge < -0.3 is 9.26 Å². The average Bonchev–Trinajstić information content (AvgIpc) is 2.92. The van der Waals surface area contributed by atoms with Gasteiger partial charge in [0.1, 0.15) is 11.0 Å². The Morgan fingerprint density at radius 2 is 1.82 bits per heavy atom. The summed E-state index contributed by atoms with van der Waals surface area (Å²) in [5.74, 6) is 0.366. The standard InChI is InChI=1S/C14H16F3N3O2/c1-12(2,21-3)11-6-10(20-22-11)7-13(8-18,9-19)4-5-14(15,16)17/h6H,4-5,7H2,1-3H3. The molecular formula is C14H16F3N3O2. The Balaban J connectivity index is 2.94. The van der Waals surface area contributed by atoms with Crippen molar-refractivity contribution in [1.82, 2.24) is 5.16 Å². The van der Waals surface area contributed by atoms with Crippen LogP contribution in [0.15, 0.2) is 10.6 Å². The van der Waals surface area contributed by atoms with Gasteiger partial charge in [0.15, 0.2) is 5.76 Å². The van der Waals surface area contributed by atoms with E-state index in [1.54, 1.807) is 26.0 Å². The average molecular weight is 315 g/mol. The monoisotopic (exact) mass is 315 g/mol. The maximum absolute atomic E-state index is 12.3. The van der Waals surface area contributed by atoms with Crippen LogP contribution in [-0.4, -0.2) is 18.4 Å². The molecule has 0 aliphatic carbocycles. The second-order valence-corrected chi connectivity index (χ2v) is 5.49. The van der Waals surface area contributed by atoms with Gasteiger partial charge in [-0.25, -0.2) is 0 Å². The van der Waals surface area contributed by atoms with Gasteiger partial charge >= 0.3 is 6.18 Å². The first kappa shape index (κ1) is 18.0. The molecule has 0 N–H and O–H groups in total. The third-order valence-electron chi connectivity index (χ3n) is 3.41. The van der Waals surface area contributed by atoms with Crippen molar-refractivity contribution in [3.05, 3.63) is 17.5 Å². The Kier molecular flexibility index (Phi) is 5.21. The van der Waals surface area contributed by atoms with E-state index in [-0.39, 0.29) is 12.1 Å². The molecule has 22 heavy (non-hydrogen) atoms. The first-order valence-corrected chi connectivity index (χ1v) is 6.48. The molecule has 0 fully saturated rings. The molecule has 0 saturated carbocycles. The van der Waals surface area contributed by atoms with Gasteiger partial charge in [-0.15, -0.1) is 0 Å². The lowest BCUT2D eigenvalue weighted by Gasteiger charge is -2.19. The lowest BCUT2D eigenvalue weighted by Crippen LogP contribution is -2.23. The largest absolute Gasteiger partial charge is 0.389 e. The molecule has 5 nitrogen and oxygen atoms in total.